The SMILES string of the molecule is CCOc1ccc(/C=C/C(=O)Nc2ccc(SC#N)cc2)cc1OC. The van der Waals surface area contributed by atoms with Gasteiger partial charge in [0.05, 0.1) is 13.7 Å². The van der Waals surface area contributed by atoms with Crippen LogP contribution in [0, 0.1) is 10.7 Å². The fraction of sp³-hybridized carbons (Fsp3) is 0.158. The van der Waals surface area contributed by atoms with E-state index in [0.29, 0.717) is 23.8 Å². The number of hydrogen-bond donors (Lipinski definition) is 1. The fourth-order valence-electron chi connectivity index (χ4n) is 2.08. The molecule has 128 valence electrons. The summed E-state index contributed by atoms with van der Waals surface area (Å²) < 4.78 is 10.8. The first-order valence-electron chi connectivity index (χ1n) is 7.62. The number of nitrogens with zero attached hydrogens (tertiary/aromatic N) is 1. The van der Waals surface area contributed by atoms with Crippen molar-refractivity contribution in [3.63, 3.8) is 0 Å². The number of anilines is 1. The Hall–Kier alpha value is -2.91. The van der Waals surface area contributed by atoms with Crippen LogP contribution in [0.15, 0.2) is 53.4 Å². The molecule has 0 unspecified atom stereocenters. The molecule has 1 N–H and O–H groups in total. The Morgan fingerprint density at radius 2 is 2.00 bits per heavy atom. The van der Waals surface area contributed by atoms with Gasteiger partial charge in [-0.15, -0.1) is 0 Å². The number of benzene rings is 2. The van der Waals surface area contributed by atoms with Crippen molar-refractivity contribution < 1.29 is 14.3 Å². The number of carbonyl (C=O) groups excluding carboxylic acids is 1. The van der Waals surface area contributed by atoms with Crippen LogP contribution in [0.1, 0.15) is 12.5 Å². The average Bonchev–Trinajstić information content (AvgIpc) is 2.63. The number of ether oxygens (including phenoxy) is 2. The van der Waals surface area contributed by atoms with Gasteiger partial charge in [-0.25, -0.2) is 0 Å². The second-order valence-corrected chi connectivity index (χ2v) is 5.74. The van der Waals surface area contributed by atoms with Crippen molar-refractivity contribution >= 4 is 29.4 Å². The fourth-order valence-corrected chi connectivity index (χ4v) is 2.46. The molecule has 0 heterocycles. The molecule has 0 radical (unpaired) electrons. The molecule has 2 rings (SSSR count). The lowest BCUT2D eigenvalue weighted by Gasteiger charge is -2.09. The number of thiocyanates is 1. The number of carbonyl (C=O) groups is 1. The van der Waals surface area contributed by atoms with E-state index in [1.165, 1.54) is 6.08 Å². The van der Waals surface area contributed by atoms with Crippen molar-refractivity contribution in [2.45, 2.75) is 11.8 Å². The van der Waals surface area contributed by atoms with E-state index in [2.05, 4.69) is 5.32 Å². The zero-order valence-corrected chi connectivity index (χ0v) is 14.8. The van der Waals surface area contributed by atoms with E-state index in [1.807, 2.05) is 30.5 Å². The average molecular weight is 354 g/mol. The van der Waals surface area contributed by atoms with Crippen molar-refractivity contribution in [1.29, 1.82) is 5.26 Å². The summed E-state index contributed by atoms with van der Waals surface area (Å²) in [4.78, 5) is 12.8. The first-order valence-corrected chi connectivity index (χ1v) is 8.43. The van der Waals surface area contributed by atoms with Crippen molar-refractivity contribution in [2.75, 3.05) is 19.0 Å². The minimum Gasteiger partial charge on any atom is -0.493 e. The summed E-state index contributed by atoms with van der Waals surface area (Å²) in [6.07, 6.45) is 3.15. The van der Waals surface area contributed by atoms with Gasteiger partial charge < -0.3 is 14.8 Å². The van der Waals surface area contributed by atoms with Gasteiger partial charge in [-0.1, -0.05) is 6.07 Å². The Morgan fingerprint density at radius 3 is 2.64 bits per heavy atom. The van der Waals surface area contributed by atoms with Crippen molar-refractivity contribution in [1.82, 2.24) is 0 Å². The second kappa shape index (κ2) is 9.40. The molecule has 1 amide bonds. The van der Waals surface area contributed by atoms with Crippen LogP contribution in [0.2, 0.25) is 0 Å². The molecule has 6 heteroatoms. The zero-order chi connectivity index (χ0) is 18.1. The lowest BCUT2D eigenvalue weighted by atomic mass is 10.2. The van der Waals surface area contributed by atoms with Crippen LogP contribution in [0.25, 0.3) is 6.08 Å². The van der Waals surface area contributed by atoms with Gasteiger partial charge in [0.25, 0.3) is 0 Å². The largest absolute Gasteiger partial charge is 0.493 e. The Kier molecular flexibility index (Phi) is 6.93. The molecule has 0 aliphatic heterocycles. The van der Waals surface area contributed by atoms with Crippen LogP contribution in [-0.4, -0.2) is 19.6 Å². The van der Waals surface area contributed by atoms with E-state index in [0.717, 1.165) is 22.2 Å². The number of thioether (sulfide) groups is 1. The van der Waals surface area contributed by atoms with E-state index in [4.69, 9.17) is 14.7 Å². The summed E-state index contributed by atoms with van der Waals surface area (Å²) >= 11 is 1.08. The summed E-state index contributed by atoms with van der Waals surface area (Å²) in [5.74, 6) is 1.05. The molecule has 0 aromatic heterocycles. The molecule has 0 fully saturated rings. The number of amides is 1. The highest BCUT2D eigenvalue weighted by atomic mass is 32.2. The van der Waals surface area contributed by atoms with Gasteiger partial charge in [-0.2, -0.15) is 5.26 Å². The normalized spacial score (nSPS) is 10.3. The van der Waals surface area contributed by atoms with E-state index in [9.17, 15) is 4.79 Å². The van der Waals surface area contributed by atoms with Crippen LogP contribution < -0.4 is 14.8 Å². The third kappa shape index (κ3) is 5.59. The molecule has 25 heavy (non-hydrogen) atoms. The number of nitriles is 1. The Bertz CT molecular complexity index is 795. The summed E-state index contributed by atoms with van der Waals surface area (Å²) in [5.41, 5.74) is 1.50. The lowest BCUT2D eigenvalue weighted by Crippen LogP contribution is -2.07. The van der Waals surface area contributed by atoms with Crippen molar-refractivity contribution in [3.05, 3.63) is 54.1 Å². The summed E-state index contributed by atoms with van der Waals surface area (Å²) in [5, 5.41) is 13.4. The van der Waals surface area contributed by atoms with Gasteiger partial charge in [0.2, 0.25) is 5.91 Å². The maximum absolute atomic E-state index is 12.0. The van der Waals surface area contributed by atoms with Crippen LogP contribution >= 0.6 is 11.8 Å². The molecule has 0 bridgehead atoms. The number of hydrogen-bond acceptors (Lipinski definition) is 5. The molecule has 0 aliphatic rings. The third-order valence-corrected chi connectivity index (χ3v) is 3.80. The molecule has 2 aromatic rings. The highest BCUT2D eigenvalue weighted by Crippen LogP contribution is 2.28. The number of rotatable bonds is 7. The molecular formula is C19H18N2O3S. The summed E-state index contributed by atoms with van der Waals surface area (Å²) in [7, 11) is 1.58. The van der Waals surface area contributed by atoms with E-state index in [1.54, 1.807) is 37.5 Å². The Balaban J connectivity index is 2.01. The highest BCUT2D eigenvalue weighted by molar-refractivity contribution is 8.03. The summed E-state index contributed by atoms with van der Waals surface area (Å²) in [6, 6.07) is 12.5. The topological polar surface area (TPSA) is 71.3 Å². The van der Waals surface area contributed by atoms with E-state index >= 15 is 0 Å². The van der Waals surface area contributed by atoms with Crippen LogP contribution in [-0.2, 0) is 4.79 Å². The van der Waals surface area contributed by atoms with E-state index in [-0.39, 0.29) is 5.91 Å². The molecule has 0 spiro atoms. The van der Waals surface area contributed by atoms with Crippen molar-refractivity contribution in [3.8, 4) is 16.9 Å². The molecule has 0 saturated carbocycles. The maximum Gasteiger partial charge on any atom is 0.248 e. The first-order chi connectivity index (χ1) is 12.2. The minimum absolute atomic E-state index is 0.242. The molecular weight excluding hydrogens is 336 g/mol. The van der Waals surface area contributed by atoms with Crippen molar-refractivity contribution in [2.24, 2.45) is 0 Å². The van der Waals surface area contributed by atoms with Crippen LogP contribution in [0.3, 0.4) is 0 Å². The van der Waals surface area contributed by atoms with Gasteiger partial charge in [0.1, 0.15) is 5.40 Å². The van der Waals surface area contributed by atoms with Gasteiger partial charge in [0.15, 0.2) is 11.5 Å². The van der Waals surface area contributed by atoms with Crippen LogP contribution in [0.5, 0.6) is 11.5 Å². The van der Waals surface area contributed by atoms with Gasteiger partial charge in [-0.3, -0.25) is 4.79 Å². The van der Waals surface area contributed by atoms with Crippen LogP contribution in [0.4, 0.5) is 5.69 Å². The predicted molar refractivity (Wildman–Crippen MR) is 99.7 cm³/mol. The minimum atomic E-state index is -0.242. The molecule has 0 aliphatic carbocycles. The first kappa shape index (κ1) is 18.4. The monoisotopic (exact) mass is 354 g/mol. The summed E-state index contributed by atoms with van der Waals surface area (Å²) in [6.45, 7) is 2.46. The Morgan fingerprint density at radius 1 is 1.24 bits per heavy atom. The smallest absolute Gasteiger partial charge is 0.248 e. The Labute approximate surface area is 151 Å². The quantitative estimate of drug-likeness (QED) is 0.455. The number of nitrogens with one attached hydrogen (secondary N) is 1. The molecule has 5 nitrogen and oxygen atoms in total. The predicted octanol–water partition coefficient (Wildman–Crippen LogP) is 4.32. The molecule has 0 atom stereocenters. The second-order valence-electron chi connectivity index (χ2n) is 4.88. The number of methoxy groups -OCH3 is 1. The molecule has 2 aromatic carbocycles. The highest BCUT2D eigenvalue weighted by Gasteiger charge is 2.04. The van der Waals surface area contributed by atoms with Gasteiger partial charge in [0, 0.05) is 16.7 Å². The standard InChI is InChI=1S/C19H18N2O3S/c1-3-24-17-10-4-14(12-18(17)23-2)5-11-19(22)21-15-6-8-16(9-7-15)25-13-20/h4-12H,3H2,1-2H3,(H,21,22)/b11-5+. The lowest BCUT2D eigenvalue weighted by molar-refractivity contribution is -0.111. The maximum atomic E-state index is 12.0. The molecule has 0 saturated heterocycles. The van der Waals surface area contributed by atoms with E-state index < -0.39 is 0 Å². The third-order valence-electron chi connectivity index (χ3n) is 3.20. The van der Waals surface area contributed by atoms with Gasteiger partial charge in [-0.05, 0) is 66.7 Å². The van der Waals surface area contributed by atoms with Gasteiger partial charge >= 0.3 is 0 Å². The zero-order valence-electron chi connectivity index (χ0n) is 14.0.